The molecule has 0 bridgehead atoms. The summed E-state index contributed by atoms with van der Waals surface area (Å²) >= 11 is 0. The van der Waals surface area contributed by atoms with Gasteiger partial charge >= 0.3 is 6.09 Å². The van der Waals surface area contributed by atoms with Crippen LogP contribution in [0.3, 0.4) is 0 Å². The molecule has 242 valence electrons. The number of carbonyl (C=O) groups excluding carboxylic acids is 4. The first-order valence-corrected chi connectivity index (χ1v) is 15.4. The molecule has 0 saturated carbocycles. The summed E-state index contributed by atoms with van der Waals surface area (Å²) in [7, 11) is 1.56. The highest BCUT2D eigenvalue weighted by Gasteiger charge is 2.36. The number of primary amides is 1. The molecule has 0 radical (unpaired) electrons. The van der Waals surface area contributed by atoms with E-state index in [2.05, 4.69) is 17.6 Å². The number of rotatable bonds is 16. The molecule has 2 atom stereocenters. The maximum atomic E-state index is 14.4. The maximum absolute atomic E-state index is 14.4. The van der Waals surface area contributed by atoms with Crippen LogP contribution in [-0.4, -0.2) is 54.0 Å². The van der Waals surface area contributed by atoms with Crippen LogP contribution >= 0.6 is 0 Å². The minimum Gasteiger partial charge on any atom is -0.497 e. The molecule has 0 aliphatic heterocycles. The van der Waals surface area contributed by atoms with Gasteiger partial charge < -0.3 is 30.7 Å². The molecule has 2 unspecified atom stereocenters. The highest BCUT2D eigenvalue weighted by molar-refractivity contribution is 5.99. The van der Waals surface area contributed by atoms with E-state index in [4.69, 9.17) is 15.2 Å². The average molecular weight is 611 g/mol. The molecule has 10 heteroatoms. The smallest absolute Gasteiger partial charge is 0.408 e. The summed E-state index contributed by atoms with van der Waals surface area (Å²) < 4.78 is 10.7. The lowest BCUT2D eigenvalue weighted by Crippen LogP contribution is -2.52. The molecule has 0 fully saturated rings. The van der Waals surface area contributed by atoms with Crippen LogP contribution in [0.5, 0.6) is 5.75 Å². The van der Waals surface area contributed by atoms with Gasteiger partial charge in [-0.15, -0.1) is 0 Å². The van der Waals surface area contributed by atoms with Gasteiger partial charge in [-0.2, -0.15) is 0 Å². The Kier molecular flexibility index (Phi) is 14.2. The van der Waals surface area contributed by atoms with E-state index < -0.39 is 41.5 Å². The number of nitrogens with two attached hydrogens (primary N) is 1. The summed E-state index contributed by atoms with van der Waals surface area (Å²) in [6.45, 7) is 11.5. The molecule has 0 saturated heterocycles. The zero-order valence-electron chi connectivity index (χ0n) is 27.3. The van der Waals surface area contributed by atoms with Crippen molar-refractivity contribution in [2.75, 3.05) is 19.0 Å². The zero-order valence-corrected chi connectivity index (χ0v) is 27.3. The Morgan fingerprint density at radius 2 is 1.59 bits per heavy atom. The van der Waals surface area contributed by atoms with Crippen molar-refractivity contribution in [1.29, 1.82) is 0 Å². The molecule has 0 aliphatic carbocycles. The van der Waals surface area contributed by atoms with Crippen molar-refractivity contribution >= 4 is 29.5 Å². The van der Waals surface area contributed by atoms with E-state index in [1.165, 1.54) is 4.90 Å². The van der Waals surface area contributed by atoms with Crippen molar-refractivity contribution < 1.29 is 28.7 Å². The normalized spacial score (nSPS) is 12.5. The standard InChI is InChI=1S/C34H50N4O6/c1-8-9-10-11-12-21-38(32(41)28(19-20-29(35)39)37-33(42)44-34(4,5)6)30(25-14-13-23(2)24(3)22-25)31(40)36-26-15-17-27(43-7)18-16-26/h13-18,22,28,30H,8-12,19-21H2,1-7H3,(H2,35,39)(H,36,40)(H,37,42). The summed E-state index contributed by atoms with van der Waals surface area (Å²) in [5, 5.41) is 5.60. The Bertz CT molecular complexity index is 1260. The van der Waals surface area contributed by atoms with Crippen LogP contribution < -0.4 is 21.1 Å². The fourth-order valence-electron chi connectivity index (χ4n) is 4.74. The average Bonchev–Trinajstić information content (AvgIpc) is 2.95. The number of nitrogens with zero attached hydrogens (tertiary/aromatic N) is 1. The van der Waals surface area contributed by atoms with Crippen LogP contribution in [0.4, 0.5) is 10.5 Å². The van der Waals surface area contributed by atoms with Crippen LogP contribution in [-0.2, 0) is 19.1 Å². The second-order valence-corrected chi connectivity index (χ2v) is 12.1. The van der Waals surface area contributed by atoms with Gasteiger partial charge in [-0.3, -0.25) is 14.4 Å². The van der Waals surface area contributed by atoms with Crippen LogP contribution in [0.2, 0.25) is 0 Å². The SMILES string of the molecule is CCCCCCCN(C(=O)C(CCC(N)=O)NC(=O)OC(C)(C)C)C(C(=O)Nc1ccc(OC)cc1)c1ccc(C)c(C)c1. The van der Waals surface area contributed by atoms with Gasteiger partial charge in [0.05, 0.1) is 7.11 Å². The summed E-state index contributed by atoms with van der Waals surface area (Å²) in [6, 6.07) is 10.4. The van der Waals surface area contributed by atoms with Gasteiger partial charge in [0.1, 0.15) is 23.4 Å². The third kappa shape index (κ3) is 11.9. The molecule has 0 spiro atoms. The molecule has 10 nitrogen and oxygen atoms in total. The largest absolute Gasteiger partial charge is 0.497 e. The summed E-state index contributed by atoms with van der Waals surface area (Å²) in [5.74, 6) is -0.877. The first-order valence-electron chi connectivity index (χ1n) is 15.4. The van der Waals surface area contributed by atoms with Crippen molar-refractivity contribution in [3.05, 3.63) is 59.2 Å². The van der Waals surface area contributed by atoms with E-state index in [1.54, 1.807) is 52.1 Å². The van der Waals surface area contributed by atoms with Crippen LogP contribution in [0.15, 0.2) is 42.5 Å². The minimum atomic E-state index is -1.14. The number of unbranched alkanes of at least 4 members (excludes halogenated alkanes) is 4. The van der Waals surface area contributed by atoms with E-state index in [-0.39, 0.29) is 19.4 Å². The molecule has 0 aliphatic rings. The number of aryl methyl sites for hydroxylation is 2. The molecular formula is C34H50N4O6. The number of ether oxygens (including phenoxy) is 2. The molecular weight excluding hydrogens is 560 g/mol. The van der Waals surface area contributed by atoms with Gasteiger partial charge in [-0.1, -0.05) is 50.8 Å². The van der Waals surface area contributed by atoms with E-state index >= 15 is 0 Å². The highest BCUT2D eigenvalue weighted by Crippen LogP contribution is 2.28. The second-order valence-electron chi connectivity index (χ2n) is 12.1. The number of amides is 4. The van der Waals surface area contributed by atoms with Crippen molar-refractivity contribution in [2.45, 2.75) is 104 Å². The van der Waals surface area contributed by atoms with Gasteiger partial charge in [-0.25, -0.2) is 4.79 Å². The number of carbonyl (C=O) groups is 4. The van der Waals surface area contributed by atoms with Crippen molar-refractivity contribution in [3.8, 4) is 5.75 Å². The zero-order chi connectivity index (χ0) is 32.9. The number of hydrogen-bond acceptors (Lipinski definition) is 6. The summed E-state index contributed by atoms with van der Waals surface area (Å²) in [4.78, 5) is 54.6. The van der Waals surface area contributed by atoms with E-state index in [9.17, 15) is 19.2 Å². The van der Waals surface area contributed by atoms with E-state index in [1.807, 2.05) is 32.0 Å². The molecule has 0 heterocycles. The first kappa shape index (κ1) is 36.1. The van der Waals surface area contributed by atoms with Crippen LogP contribution in [0, 0.1) is 13.8 Å². The Hall–Kier alpha value is -4.08. The number of nitrogens with one attached hydrogen (secondary N) is 2. The number of hydrogen-bond donors (Lipinski definition) is 3. The summed E-state index contributed by atoms with van der Waals surface area (Å²) in [5.41, 5.74) is 7.81. The number of methoxy groups -OCH3 is 1. The van der Waals surface area contributed by atoms with Crippen LogP contribution in [0.25, 0.3) is 0 Å². The van der Waals surface area contributed by atoms with Crippen molar-refractivity contribution in [1.82, 2.24) is 10.2 Å². The second kappa shape index (κ2) is 17.3. The predicted molar refractivity (Wildman–Crippen MR) is 172 cm³/mol. The Morgan fingerprint density at radius 3 is 2.16 bits per heavy atom. The third-order valence-electron chi connectivity index (χ3n) is 7.22. The number of anilines is 1. The van der Waals surface area contributed by atoms with Crippen molar-refractivity contribution in [3.63, 3.8) is 0 Å². The monoisotopic (exact) mass is 610 g/mol. The lowest BCUT2D eigenvalue weighted by molar-refractivity contribution is -0.141. The fourth-order valence-corrected chi connectivity index (χ4v) is 4.74. The topological polar surface area (TPSA) is 140 Å². The molecule has 44 heavy (non-hydrogen) atoms. The molecule has 4 amide bonds. The van der Waals surface area contributed by atoms with Crippen LogP contribution in [0.1, 0.15) is 95.4 Å². The lowest BCUT2D eigenvalue weighted by Gasteiger charge is -2.35. The first-order chi connectivity index (χ1) is 20.7. The summed E-state index contributed by atoms with van der Waals surface area (Å²) in [6.07, 6.45) is 3.66. The van der Waals surface area contributed by atoms with Gasteiger partial charge in [0.25, 0.3) is 5.91 Å². The fraction of sp³-hybridized carbons (Fsp3) is 0.529. The van der Waals surface area contributed by atoms with Gasteiger partial charge in [0.2, 0.25) is 11.8 Å². The molecule has 2 aromatic rings. The quantitative estimate of drug-likeness (QED) is 0.201. The van der Waals surface area contributed by atoms with Gasteiger partial charge in [-0.05, 0) is 88.4 Å². The van der Waals surface area contributed by atoms with E-state index in [0.29, 0.717) is 23.4 Å². The number of alkyl carbamates (subject to hydrolysis) is 1. The van der Waals surface area contributed by atoms with Gasteiger partial charge in [0.15, 0.2) is 0 Å². The molecule has 4 N–H and O–H groups in total. The Labute approximate surface area is 262 Å². The maximum Gasteiger partial charge on any atom is 0.408 e. The number of benzene rings is 2. The van der Waals surface area contributed by atoms with Gasteiger partial charge in [0, 0.05) is 18.7 Å². The Balaban J connectivity index is 2.57. The molecule has 2 rings (SSSR count). The van der Waals surface area contributed by atoms with E-state index in [0.717, 1.165) is 36.8 Å². The Morgan fingerprint density at radius 1 is 0.932 bits per heavy atom. The third-order valence-corrected chi connectivity index (χ3v) is 7.22. The lowest BCUT2D eigenvalue weighted by atomic mass is 9.97. The minimum absolute atomic E-state index is 0.0422. The molecule has 2 aromatic carbocycles. The van der Waals surface area contributed by atoms with Crippen molar-refractivity contribution in [2.24, 2.45) is 5.73 Å². The predicted octanol–water partition coefficient (Wildman–Crippen LogP) is 5.95. The highest BCUT2D eigenvalue weighted by atomic mass is 16.6. The molecule has 0 aromatic heterocycles.